The van der Waals surface area contributed by atoms with Crippen LogP contribution in [0.5, 0.6) is 5.75 Å². The minimum absolute atomic E-state index is 0. The Kier molecular flexibility index (Phi) is 7.81. The molecule has 140 valence electrons. The molecule has 2 saturated heterocycles. The van der Waals surface area contributed by atoms with Gasteiger partial charge in [0.2, 0.25) is 0 Å². The Labute approximate surface area is 168 Å². The Hall–Kier alpha value is -1.02. The molecule has 0 bridgehead atoms. The lowest BCUT2D eigenvalue weighted by Gasteiger charge is -2.25. The number of ether oxygens (including phenoxy) is 2. The maximum Gasteiger partial charge on any atom is 0.194 e. The molecule has 0 radical (unpaired) electrons. The molecule has 1 spiro atoms. The first kappa shape index (κ1) is 20.3. The summed E-state index contributed by atoms with van der Waals surface area (Å²) in [5.74, 6) is 1.92. The number of guanidine groups is 1. The van der Waals surface area contributed by atoms with Crippen LogP contribution in [-0.2, 0) is 4.74 Å². The molecule has 5 nitrogen and oxygen atoms in total. The molecule has 25 heavy (non-hydrogen) atoms. The topological polar surface area (TPSA) is 46.1 Å². The zero-order chi connectivity index (χ0) is 16.8. The highest BCUT2D eigenvalue weighted by Crippen LogP contribution is 2.38. The molecule has 1 aromatic carbocycles. The summed E-state index contributed by atoms with van der Waals surface area (Å²) >= 11 is 0. The van der Waals surface area contributed by atoms with Crippen molar-refractivity contribution in [1.82, 2.24) is 10.2 Å². The van der Waals surface area contributed by atoms with E-state index >= 15 is 0 Å². The van der Waals surface area contributed by atoms with Gasteiger partial charge in [-0.05, 0) is 44.4 Å². The molecule has 2 fully saturated rings. The van der Waals surface area contributed by atoms with Gasteiger partial charge in [0.05, 0.1) is 13.2 Å². The molecule has 0 saturated carbocycles. The molecule has 2 aliphatic heterocycles. The van der Waals surface area contributed by atoms with Crippen molar-refractivity contribution in [2.45, 2.75) is 26.7 Å². The van der Waals surface area contributed by atoms with Crippen molar-refractivity contribution in [1.29, 1.82) is 0 Å². The number of nitrogens with zero attached hydrogens (tertiary/aromatic N) is 2. The van der Waals surface area contributed by atoms with Crippen molar-refractivity contribution in [2.75, 3.05) is 46.0 Å². The summed E-state index contributed by atoms with van der Waals surface area (Å²) < 4.78 is 11.4. The number of rotatable bonds is 5. The van der Waals surface area contributed by atoms with Gasteiger partial charge < -0.3 is 19.7 Å². The largest absolute Gasteiger partial charge is 0.492 e. The summed E-state index contributed by atoms with van der Waals surface area (Å²) in [7, 11) is 0. The molecule has 1 unspecified atom stereocenters. The predicted molar refractivity (Wildman–Crippen MR) is 112 cm³/mol. The zero-order valence-electron chi connectivity index (χ0n) is 15.3. The summed E-state index contributed by atoms with van der Waals surface area (Å²) in [6.07, 6.45) is 2.39. The van der Waals surface area contributed by atoms with Crippen LogP contribution >= 0.6 is 24.0 Å². The molecule has 0 aliphatic carbocycles. The lowest BCUT2D eigenvalue weighted by atomic mass is 9.87. The normalized spacial score (nSPS) is 23.0. The van der Waals surface area contributed by atoms with Gasteiger partial charge >= 0.3 is 0 Å². The first-order chi connectivity index (χ1) is 11.7. The highest BCUT2D eigenvalue weighted by molar-refractivity contribution is 14.0. The minimum atomic E-state index is 0. The minimum Gasteiger partial charge on any atom is -0.492 e. The fourth-order valence-corrected chi connectivity index (χ4v) is 3.53. The Morgan fingerprint density at radius 2 is 2.28 bits per heavy atom. The average molecular weight is 459 g/mol. The molecule has 1 aromatic rings. The fourth-order valence-electron chi connectivity index (χ4n) is 3.53. The second kappa shape index (κ2) is 9.62. The van der Waals surface area contributed by atoms with Gasteiger partial charge in [-0.15, -0.1) is 24.0 Å². The van der Waals surface area contributed by atoms with Crippen molar-refractivity contribution >= 4 is 29.9 Å². The van der Waals surface area contributed by atoms with E-state index in [0.717, 1.165) is 44.6 Å². The Morgan fingerprint density at radius 1 is 1.40 bits per heavy atom. The third-order valence-electron chi connectivity index (χ3n) is 4.87. The van der Waals surface area contributed by atoms with Gasteiger partial charge in [0, 0.05) is 31.7 Å². The first-order valence-corrected chi connectivity index (χ1v) is 9.01. The van der Waals surface area contributed by atoms with Gasteiger partial charge in [0.15, 0.2) is 5.96 Å². The molecule has 6 heteroatoms. The van der Waals surface area contributed by atoms with Crippen LogP contribution in [0, 0.1) is 12.3 Å². The molecular weight excluding hydrogens is 429 g/mol. The number of aliphatic imine (C=N–C) groups is 1. The van der Waals surface area contributed by atoms with Crippen LogP contribution in [0.25, 0.3) is 0 Å². The highest BCUT2D eigenvalue weighted by Gasteiger charge is 2.42. The Bertz CT molecular complexity index is 574. The van der Waals surface area contributed by atoms with E-state index in [0.29, 0.717) is 18.6 Å². The van der Waals surface area contributed by atoms with E-state index in [1.165, 1.54) is 18.4 Å². The number of nitrogens with one attached hydrogen (secondary N) is 1. The van der Waals surface area contributed by atoms with E-state index in [2.05, 4.69) is 36.2 Å². The maximum atomic E-state index is 5.80. The number of hydrogen-bond acceptors (Lipinski definition) is 3. The van der Waals surface area contributed by atoms with Crippen LogP contribution in [0.4, 0.5) is 0 Å². The van der Waals surface area contributed by atoms with Crippen LogP contribution < -0.4 is 10.1 Å². The Balaban J connectivity index is 0.00000225. The summed E-state index contributed by atoms with van der Waals surface area (Å²) in [6.45, 7) is 10.3. The third kappa shape index (κ3) is 5.48. The Morgan fingerprint density at radius 3 is 3.00 bits per heavy atom. The summed E-state index contributed by atoms with van der Waals surface area (Å²) in [5, 5.41) is 3.42. The van der Waals surface area contributed by atoms with E-state index in [9.17, 15) is 0 Å². The lowest BCUT2D eigenvalue weighted by Crippen LogP contribution is -2.41. The van der Waals surface area contributed by atoms with Gasteiger partial charge in [0.25, 0.3) is 0 Å². The number of likely N-dealkylation sites (tertiary alicyclic amines) is 1. The predicted octanol–water partition coefficient (Wildman–Crippen LogP) is 3.07. The second-order valence-electron chi connectivity index (χ2n) is 6.87. The molecular formula is C19H30IN3O2. The number of halogens is 1. The third-order valence-corrected chi connectivity index (χ3v) is 4.87. The van der Waals surface area contributed by atoms with E-state index in [1.807, 2.05) is 12.1 Å². The van der Waals surface area contributed by atoms with Gasteiger partial charge in [-0.1, -0.05) is 12.1 Å². The van der Waals surface area contributed by atoms with E-state index in [4.69, 9.17) is 14.5 Å². The molecule has 3 rings (SSSR count). The van der Waals surface area contributed by atoms with E-state index < -0.39 is 0 Å². The second-order valence-corrected chi connectivity index (χ2v) is 6.87. The van der Waals surface area contributed by atoms with Gasteiger partial charge in [0.1, 0.15) is 12.4 Å². The van der Waals surface area contributed by atoms with Crippen molar-refractivity contribution < 1.29 is 9.47 Å². The average Bonchev–Trinajstić information content (AvgIpc) is 3.21. The number of aryl methyl sites for hydroxylation is 1. The van der Waals surface area contributed by atoms with Crippen molar-refractivity contribution in [3.05, 3.63) is 29.8 Å². The summed E-state index contributed by atoms with van der Waals surface area (Å²) in [5.41, 5.74) is 1.57. The number of benzene rings is 1. The van der Waals surface area contributed by atoms with Gasteiger partial charge in [-0.3, -0.25) is 0 Å². The first-order valence-electron chi connectivity index (χ1n) is 9.01. The van der Waals surface area contributed by atoms with Crippen LogP contribution in [-0.4, -0.2) is 56.9 Å². The van der Waals surface area contributed by atoms with Crippen LogP contribution in [0.1, 0.15) is 25.3 Å². The highest BCUT2D eigenvalue weighted by atomic mass is 127. The molecule has 0 amide bonds. The van der Waals surface area contributed by atoms with Crippen molar-refractivity contribution in [3.8, 4) is 5.75 Å². The van der Waals surface area contributed by atoms with Gasteiger partial charge in [-0.2, -0.15) is 0 Å². The molecule has 2 aliphatic rings. The van der Waals surface area contributed by atoms with Crippen LogP contribution in [0.3, 0.4) is 0 Å². The number of hydrogen-bond donors (Lipinski definition) is 1. The quantitative estimate of drug-likeness (QED) is 0.318. The molecule has 0 aromatic heterocycles. The lowest BCUT2D eigenvalue weighted by molar-refractivity contribution is 0.156. The maximum absolute atomic E-state index is 5.80. The van der Waals surface area contributed by atoms with E-state index in [-0.39, 0.29) is 24.0 Å². The molecule has 1 N–H and O–H groups in total. The SMILES string of the molecule is CCNC(=NCCOc1cccc(C)c1)N1CCC2(CCOC2)C1.I. The van der Waals surface area contributed by atoms with E-state index in [1.54, 1.807) is 0 Å². The van der Waals surface area contributed by atoms with Crippen LogP contribution in [0.2, 0.25) is 0 Å². The van der Waals surface area contributed by atoms with Gasteiger partial charge in [-0.25, -0.2) is 4.99 Å². The van der Waals surface area contributed by atoms with Crippen molar-refractivity contribution in [3.63, 3.8) is 0 Å². The smallest absolute Gasteiger partial charge is 0.194 e. The summed E-state index contributed by atoms with van der Waals surface area (Å²) in [4.78, 5) is 7.13. The standard InChI is InChI=1S/C19H29N3O2.HI/c1-3-20-18(22-10-7-19(14-22)8-11-23-15-19)21-9-12-24-17-6-4-5-16(2)13-17;/h4-6,13H,3,7-12,14-15H2,1-2H3,(H,20,21);1H. The monoisotopic (exact) mass is 459 g/mol. The fraction of sp³-hybridized carbons (Fsp3) is 0.632. The molecule has 1 atom stereocenters. The zero-order valence-corrected chi connectivity index (χ0v) is 17.6. The van der Waals surface area contributed by atoms with Crippen molar-refractivity contribution in [2.24, 2.45) is 10.4 Å². The molecule has 2 heterocycles. The van der Waals surface area contributed by atoms with Crippen LogP contribution in [0.15, 0.2) is 29.3 Å². The summed E-state index contributed by atoms with van der Waals surface area (Å²) in [6, 6.07) is 8.14.